The normalized spacial score (nSPS) is 20.5. The fraction of sp³-hybridized carbons (Fsp3) is 0.438. The van der Waals surface area contributed by atoms with Crippen LogP contribution in [0.25, 0.3) is 0 Å². The van der Waals surface area contributed by atoms with Crippen LogP contribution >= 0.6 is 27.5 Å². The summed E-state index contributed by atoms with van der Waals surface area (Å²) in [6.07, 6.45) is 4.57. The molecule has 22 heavy (non-hydrogen) atoms. The fourth-order valence-electron chi connectivity index (χ4n) is 2.64. The second kappa shape index (κ2) is 6.32. The van der Waals surface area contributed by atoms with E-state index in [4.69, 9.17) is 21.1 Å². The summed E-state index contributed by atoms with van der Waals surface area (Å²) in [7, 11) is 0. The molecule has 1 aromatic heterocycles. The number of imidazole rings is 1. The molecular weight excluding hydrogens is 368 g/mol. The molecular formula is C16H18BrClN2O2. The molecule has 0 spiro atoms. The highest BCUT2D eigenvalue weighted by molar-refractivity contribution is 9.10. The van der Waals surface area contributed by atoms with Gasteiger partial charge in [0.2, 0.25) is 0 Å². The monoisotopic (exact) mass is 384 g/mol. The van der Waals surface area contributed by atoms with Crippen LogP contribution in [-0.2, 0) is 22.4 Å². The van der Waals surface area contributed by atoms with Crippen molar-refractivity contribution in [1.82, 2.24) is 9.55 Å². The van der Waals surface area contributed by atoms with E-state index in [9.17, 15) is 0 Å². The van der Waals surface area contributed by atoms with Crippen LogP contribution in [0.3, 0.4) is 0 Å². The van der Waals surface area contributed by atoms with Crippen molar-refractivity contribution in [3.8, 4) is 0 Å². The summed E-state index contributed by atoms with van der Waals surface area (Å²) in [5.41, 5.74) is 1.12. The lowest BCUT2D eigenvalue weighted by Crippen LogP contribution is -2.24. The van der Waals surface area contributed by atoms with Crippen LogP contribution in [0, 0.1) is 0 Å². The van der Waals surface area contributed by atoms with E-state index in [-0.39, 0.29) is 6.10 Å². The molecule has 1 saturated heterocycles. The zero-order chi connectivity index (χ0) is 15.7. The number of hydrogen-bond donors (Lipinski definition) is 0. The van der Waals surface area contributed by atoms with Crippen LogP contribution in [0.4, 0.5) is 0 Å². The fourth-order valence-corrected chi connectivity index (χ4v) is 3.57. The predicted molar refractivity (Wildman–Crippen MR) is 89.1 cm³/mol. The number of benzene rings is 1. The molecule has 1 atom stereocenters. The van der Waals surface area contributed by atoms with Crippen LogP contribution in [0.15, 0.2) is 35.1 Å². The van der Waals surface area contributed by atoms with Gasteiger partial charge < -0.3 is 14.0 Å². The summed E-state index contributed by atoms with van der Waals surface area (Å²) >= 11 is 9.58. The smallest absolute Gasteiger partial charge is 0.163 e. The van der Waals surface area contributed by atoms with Gasteiger partial charge in [-0.15, -0.1) is 0 Å². The average molecular weight is 386 g/mol. The van der Waals surface area contributed by atoms with Crippen molar-refractivity contribution in [2.75, 3.05) is 6.61 Å². The Kier molecular flexibility index (Phi) is 4.59. The Balaban J connectivity index is 1.72. The maximum absolute atomic E-state index is 6.11. The lowest BCUT2D eigenvalue weighted by Gasteiger charge is -2.18. The minimum atomic E-state index is -0.497. The molecule has 118 valence electrons. The molecule has 0 N–H and O–H groups in total. The third kappa shape index (κ3) is 3.90. The SMILES string of the molecule is CC1(C)OCC(Cn2ccnc2Cc2cc(Cl)cc(Br)c2)O1. The summed E-state index contributed by atoms with van der Waals surface area (Å²) in [5, 5.41) is 0.719. The number of aromatic nitrogens is 2. The first-order valence-corrected chi connectivity index (χ1v) is 8.35. The van der Waals surface area contributed by atoms with Crippen molar-refractivity contribution in [1.29, 1.82) is 0 Å². The van der Waals surface area contributed by atoms with Crippen molar-refractivity contribution in [2.24, 2.45) is 0 Å². The van der Waals surface area contributed by atoms with E-state index in [0.29, 0.717) is 6.61 Å². The van der Waals surface area contributed by atoms with Gasteiger partial charge in [-0.1, -0.05) is 27.5 Å². The number of halogens is 2. The van der Waals surface area contributed by atoms with Gasteiger partial charge in [0.1, 0.15) is 11.9 Å². The maximum Gasteiger partial charge on any atom is 0.163 e. The average Bonchev–Trinajstić information content (AvgIpc) is 2.96. The Morgan fingerprint density at radius 1 is 1.41 bits per heavy atom. The van der Waals surface area contributed by atoms with Crippen molar-refractivity contribution in [3.63, 3.8) is 0 Å². The van der Waals surface area contributed by atoms with E-state index in [2.05, 4.69) is 31.5 Å². The third-order valence-corrected chi connectivity index (χ3v) is 4.23. The molecule has 0 aliphatic carbocycles. The zero-order valence-corrected chi connectivity index (χ0v) is 14.9. The summed E-state index contributed by atoms with van der Waals surface area (Å²) in [4.78, 5) is 4.46. The van der Waals surface area contributed by atoms with E-state index in [1.54, 1.807) is 0 Å². The zero-order valence-electron chi connectivity index (χ0n) is 12.6. The highest BCUT2D eigenvalue weighted by Gasteiger charge is 2.32. The lowest BCUT2D eigenvalue weighted by atomic mass is 10.1. The second-order valence-corrected chi connectivity index (χ2v) is 7.25. The van der Waals surface area contributed by atoms with E-state index in [0.717, 1.165) is 33.8 Å². The van der Waals surface area contributed by atoms with E-state index >= 15 is 0 Å². The molecule has 1 fully saturated rings. The topological polar surface area (TPSA) is 36.3 Å². The molecule has 0 radical (unpaired) electrons. The molecule has 0 saturated carbocycles. The number of nitrogens with zero attached hydrogens (tertiary/aromatic N) is 2. The Hall–Kier alpha value is -0.880. The van der Waals surface area contributed by atoms with Crippen molar-refractivity contribution in [2.45, 2.75) is 38.7 Å². The minimum Gasteiger partial charge on any atom is -0.348 e. The Morgan fingerprint density at radius 3 is 2.91 bits per heavy atom. The lowest BCUT2D eigenvalue weighted by molar-refractivity contribution is -0.139. The summed E-state index contributed by atoms with van der Waals surface area (Å²) < 4.78 is 14.6. The summed E-state index contributed by atoms with van der Waals surface area (Å²) in [5.74, 6) is 0.492. The van der Waals surface area contributed by atoms with Crippen molar-refractivity contribution >= 4 is 27.5 Å². The van der Waals surface area contributed by atoms with E-state index in [1.165, 1.54) is 0 Å². The molecule has 3 rings (SSSR count). The summed E-state index contributed by atoms with van der Waals surface area (Å²) in [6.45, 7) is 5.21. The second-order valence-electron chi connectivity index (χ2n) is 5.90. The van der Waals surface area contributed by atoms with E-state index < -0.39 is 5.79 Å². The molecule has 1 unspecified atom stereocenters. The van der Waals surface area contributed by atoms with Crippen molar-refractivity contribution in [3.05, 3.63) is 51.5 Å². The first-order valence-electron chi connectivity index (χ1n) is 7.18. The van der Waals surface area contributed by atoms with Gasteiger partial charge in [-0.05, 0) is 37.6 Å². The number of hydrogen-bond acceptors (Lipinski definition) is 3. The minimum absolute atomic E-state index is 0.0500. The van der Waals surface area contributed by atoms with Crippen molar-refractivity contribution < 1.29 is 9.47 Å². The standard InChI is InChI=1S/C16H18BrClN2O2/c1-16(2)21-10-14(22-16)9-20-4-3-19-15(20)7-11-5-12(17)8-13(18)6-11/h3-6,8,14H,7,9-10H2,1-2H3. The molecule has 0 bridgehead atoms. The predicted octanol–water partition coefficient (Wildman–Crippen LogP) is 4.04. The Bertz CT molecular complexity index is 652. The van der Waals surface area contributed by atoms with Gasteiger partial charge in [-0.25, -0.2) is 4.98 Å². The summed E-state index contributed by atoms with van der Waals surface area (Å²) in [6, 6.07) is 5.90. The largest absolute Gasteiger partial charge is 0.348 e. The first-order chi connectivity index (χ1) is 10.4. The van der Waals surface area contributed by atoms with Gasteiger partial charge in [0.05, 0.1) is 13.2 Å². The van der Waals surface area contributed by atoms with Crippen LogP contribution < -0.4 is 0 Å². The van der Waals surface area contributed by atoms with Gasteiger partial charge in [0, 0.05) is 28.3 Å². The Labute approximate surface area is 143 Å². The molecule has 0 amide bonds. The molecule has 2 aromatic rings. The third-order valence-electron chi connectivity index (χ3n) is 3.55. The van der Waals surface area contributed by atoms with E-state index in [1.807, 2.05) is 38.4 Å². The van der Waals surface area contributed by atoms with Crippen LogP contribution in [0.2, 0.25) is 5.02 Å². The van der Waals surface area contributed by atoms with Gasteiger partial charge in [0.15, 0.2) is 5.79 Å². The van der Waals surface area contributed by atoms with Crippen LogP contribution in [-0.4, -0.2) is 28.0 Å². The highest BCUT2D eigenvalue weighted by atomic mass is 79.9. The molecule has 2 heterocycles. The number of ether oxygens (including phenoxy) is 2. The maximum atomic E-state index is 6.11. The first kappa shape index (κ1) is 16.0. The molecule has 1 aliphatic heterocycles. The Morgan fingerprint density at radius 2 is 2.23 bits per heavy atom. The van der Waals surface area contributed by atoms with Gasteiger partial charge in [-0.3, -0.25) is 0 Å². The molecule has 4 nitrogen and oxygen atoms in total. The van der Waals surface area contributed by atoms with Gasteiger partial charge in [-0.2, -0.15) is 0 Å². The van der Waals surface area contributed by atoms with Gasteiger partial charge >= 0.3 is 0 Å². The highest BCUT2D eigenvalue weighted by Crippen LogP contribution is 2.24. The van der Waals surface area contributed by atoms with Gasteiger partial charge in [0.25, 0.3) is 0 Å². The number of rotatable bonds is 4. The molecule has 6 heteroatoms. The molecule has 1 aromatic carbocycles. The molecule has 1 aliphatic rings. The van der Waals surface area contributed by atoms with Crippen LogP contribution in [0.5, 0.6) is 0 Å². The van der Waals surface area contributed by atoms with Crippen LogP contribution in [0.1, 0.15) is 25.2 Å². The quantitative estimate of drug-likeness (QED) is 0.797.